The minimum absolute atomic E-state index is 0.0413. The number of nitrogen functional groups attached to an aromatic ring is 1. The summed E-state index contributed by atoms with van der Waals surface area (Å²) in [5.41, 5.74) is 19.5. The SMILES string of the molecule is CO/N=C(\N)c1ccc2ccc(CC(C(=O)OC)c3ccc(OC4CCN(C)C4)cc3)cc2c1.COC(=O)C(Cc1ccc2ccc(C(=N)N)cc2c1)c1ccc(OC2CCCC2)cc1.[C-]#[N+]c1ccc2ccc(CC(C(=O)OC)c3ccc(OC4CCN(C)C4)cc3)cc2c1. The van der Waals surface area contributed by atoms with Crippen molar-refractivity contribution < 1.29 is 47.6 Å². The van der Waals surface area contributed by atoms with Crippen LogP contribution in [0.25, 0.3) is 37.2 Å². The molecule has 9 aromatic carbocycles. The summed E-state index contributed by atoms with van der Waals surface area (Å²) in [6.07, 6.45) is 9.02. The number of nitrogens with two attached hydrogens (primary N) is 2. The van der Waals surface area contributed by atoms with Crippen molar-refractivity contribution in [2.24, 2.45) is 16.6 Å². The van der Waals surface area contributed by atoms with Gasteiger partial charge in [0.05, 0.1) is 51.8 Å². The molecule has 2 heterocycles. The lowest BCUT2D eigenvalue weighted by Crippen LogP contribution is -2.21. The Balaban J connectivity index is 0.000000157. The number of rotatable bonds is 21. The summed E-state index contributed by atoms with van der Waals surface area (Å²) in [6.45, 7) is 11.2. The number of oxime groups is 1. The van der Waals surface area contributed by atoms with Gasteiger partial charge in [-0.15, -0.1) is 0 Å². The third-order valence-corrected chi connectivity index (χ3v) is 18.2. The van der Waals surface area contributed by atoms with Crippen LogP contribution in [0.5, 0.6) is 17.2 Å². The number of benzene rings is 9. The number of esters is 3. The molecule has 0 radical (unpaired) electrons. The lowest BCUT2D eigenvalue weighted by atomic mass is 9.91. The fraction of sp³-hybridized carbons (Fsp3) is 0.316. The summed E-state index contributed by atoms with van der Waals surface area (Å²) in [4.78, 5) is 50.7. The first-order chi connectivity index (χ1) is 46.5. The Kier molecular flexibility index (Phi) is 23.4. The van der Waals surface area contributed by atoms with Crippen LogP contribution in [-0.2, 0) is 52.7 Å². The topological polar surface area (TPSA) is 215 Å². The van der Waals surface area contributed by atoms with Crippen LogP contribution in [0.3, 0.4) is 0 Å². The Labute approximate surface area is 562 Å². The molecule has 2 aliphatic heterocycles. The Morgan fingerprint density at radius 1 is 0.479 bits per heavy atom. The summed E-state index contributed by atoms with van der Waals surface area (Å²) in [6, 6.07) is 59.0. The summed E-state index contributed by atoms with van der Waals surface area (Å²) >= 11 is 0. The first kappa shape index (κ1) is 68.6. The number of nitrogens with zero attached hydrogens (tertiary/aromatic N) is 4. The molecule has 5 atom stereocenters. The number of hydrogen-bond donors (Lipinski definition) is 3. The van der Waals surface area contributed by atoms with Gasteiger partial charge in [0.2, 0.25) is 0 Å². The first-order valence-electron chi connectivity index (χ1n) is 32.6. The number of likely N-dealkylation sites (tertiary alicyclic amines) is 2. The number of methoxy groups -OCH3 is 3. The fourth-order valence-corrected chi connectivity index (χ4v) is 12.9. The van der Waals surface area contributed by atoms with E-state index in [2.05, 4.69) is 46.0 Å². The van der Waals surface area contributed by atoms with Gasteiger partial charge in [-0.25, -0.2) is 4.85 Å². The quantitative estimate of drug-likeness (QED) is 0.0152. The highest BCUT2D eigenvalue weighted by atomic mass is 16.6. The van der Waals surface area contributed by atoms with E-state index in [-0.39, 0.29) is 36.0 Å². The molecular formula is C79H85N7O10. The zero-order valence-corrected chi connectivity index (χ0v) is 55.5. The molecule has 0 spiro atoms. The lowest BCUT2D eigenvalue weighted by Gasteiger charge is -2.18. The molecule has 1 aliphatic carbocycles. The second-order valence-electron chi connectivity index (χ2n) is 25.0. The van der Waals surface area contributed by atoms with Crippen molar-refractivity contribution in [3.05, 3.63) is 238 Å². The van der Waals surface area contributed by atoms with Gasteiger partial charge in [0.25, 0.3) is 0 Å². The van der Waals surface area contributed by atoms with Crippen LogP contribution in [0.4, 0.5) is 5.69 Å². The van der Waals surface area contributed by atoms with Gasteiger partial charge in [-0.3, -0.25) is 19.8 Å². The van der Waals surface area contributed by atoms with Gasteiger partial charge in [-0.05, 0) is 192 Å². The summed E-state index contributed by atoms with van der Waals surface area (Å²) in [5.74, 6) is 0.829. The average molecular weight is 1290 g/mol. The third-order valence-electron chi connectivity index (χ3n) is 18.2. The van der Waals surface area contributed by atoms with E-state index in [4.69, 9.17) is 56.7 Å². The Morgan fingerprint density at radius 2 is 0.844 bits per heavy atom. The van der Waals surface area contributed by atoms with Crippen LogP contribution in [0.2, 0.25) is 0 Å². The van der Waals surface area contributed by atoms with Gasteiger partial charge in [0.1, 0.15) is 42.4 Å². The van der Waals surface area contributed by atoms with Crippen molar-refractivity contribution in [2.45, 2.75) is 93.9 Å². The Bertz CT molecular complexity index is 4240. The number of ether oxygens (including phenoxy) is 6. The zero-order chi connectivity index (χ0) is 67.7. The molecule has 0 aromatic heterocycles. The minimum atomic E-state index is -0.419. The largest absolute Gasteiger partial charge is 0.490 e. The van der Waals surface area contributed by atoms with Crippen LogP contribution in [0, 0.1) is 12.0 Å². The number of carbonyl (C=O) groups is 3. The van der Waals surface area contributed by atoms with E-state index in [1.54, 1.807) is 0 Å². The van der Waals surface area contributed by atoms with Crippen LogP contribution < -0.4 is 25.7 Å². The summed E-state index contributed by atoms with van der Waals surface area (Å²) < 4.78 is 33.5. The highest BCUT2D eigenvalue weighted by Gasteiger charge is 2.28. The van der Waals surface area contributed by atoms with Crippen molar-refractivity contribution >= 4 is 67.6 Å². The molecule has 496 valence electrons. The second kappa shape index (κ2) is 32.7. The highest BCUT2D eigenvalue weighted by molar-refractivity contribution is 6.01. The molecule has 3 fully saturated rings. The number of amidine groups is 2. The molecule has 2 saturated heterocycles. The molecule has 3 aliphatic rings. The zero-order valence-electron chi connectivity index (χ0n) is 55.5. The molecule has 96 heavy (non-hydrogen) atoms. The first-order valence-corrected chi connectivity index (χ1v) is 32.6. The lowest BCUT2D eigenvalue weighted by molar-refractivity contribution is -0.143. The molecule has 5 unspecified atom stereocenters. The third kappa shape index (κ3) is 18.1. The van der Waals surface area contributed by atoms with Gasteiger partial charge in [0, 0.05) is 37.3 Å². The van der Waals surface area contributed by atoms with Crippen molar-refractivity contribution in [1.82, 2.24) is 9.80 Å². The predicted molar refractivity (Wildman–Crippen MR) is 378 cm³/mol. The maximum absolute atomic E-state index is 12.7. The smallest absolute Gasteiger partial charge is 0.313 e. The Hall–Kier alpha value is -10.3. The van der Waals surface area contributed by atoms with Gasteiger partial charge >= 0.3 is 17.9 Å². The maximum atomic E-state index is 12.7. The van der Waals surface area contributed by atoms with E-state index in [9.17, 15) is 14.4 Å². The summed E-state index contributed by atoms with van der Waals surface area (Å²) in [5, 5.41) is 17.7. The van der Waals surface area contributed by atoms with E-state index in [0.29, 0.717) is 42.5 Å². The van der Waals surface area contributed by atoms with Gasteiger partial charge in [-0.2, -0.15) is 0 Å². The maximum Gasteiger partial charge on any atom is 0.313 e. The molecule has 5 N–H and O–H groups in total. The average Bonchev–Trinajstić information content (AvgIpc) is 0.985. The van der Waals surface area contributed by atoms with Crippen LogP contribution in [0.15, 0.2) is 187 Å². The fourth-order valence-electron chi connectivity index (χ4n) is 12.9. The number of carbonyl (C=O) groups excluding carboxylic acids is 3. The molecule has 0 bridgehead atoms. The van der Waals surface area contributed by atoms with Crippen molar-refractivity contribution in [3.8, 4) is 17.2 Å². The van der Waals surface area contributed by atoms with E-state index in [1.807, 2.05) is 170 Å². The van der Waals surface area contributed by atoms with Crippen molar-refractivity contribution in [2.75, 3.05) is 68.7 Å². The molecular weight excluding hydrogens is 1210 g/mol. The number of hydrogen-bond acceptors (Lipinski definition) is 14. The van der Waals surface area contributed by atoms with Crippen molar-refractivity contribution in [1.29, 1.82) is 5.41 Å². The van der Waals surface area contributed by atoms with Crippen LogP contribution >= 0.6 is 0 Å². The monoisotopic (exact) mass is 1290 g/mol. The standard InChI is InChI=1S/C27H31N3O4.C26H26N2O3.C26H28N2O3/c1-30-13-12-24(17-30)34-23-10-8-20(9-11-23)25(27(31)32-2)15-18-4-5-19-6-7-21(16-22(19)14-18)26(28)29-33-3;1-27-22-9-6-19-5-4-18(14-21(19)16-22)15-25(26(29)30-3)20-7-10-23(11-8-20)31-24-12-13-28(2)17-24;1-30-26(29)24(19-10-12-23(13-11-19)31-22-4-2-3-5-22)15-17-6-7-18-8-9-20(25(27)28)16-21(18)14-17/h4-11,14,16,24-25H,12-13,15,17H2,1-3H3,(H2,28,29);4-11,14,16,24-25H,12-13,15,17H2,2-3H3;6-14,16,22,24H,2-5,15H2,1H3,(H3,27,28). The molecule has 12 rings (SSSR count). The normalized spacial score (nSPS) is 16.6. The van der Waals surface area contributed by atoms with E-state index in [0.717, 1.165) is 140 Å². The van der Waals surface area contributed by atoms with Crippen LogP contribution in [-0.4, -0.2) is 126 Å². The predicted octanol–water partition coefficient (Wildman–Crippen LogP) is 13.6. The summed E-state index contributed by atoms with van der Waals surface area (Å²) in [7, 11) is 9.93. The molecule has 17 heteroatoms. The van der Waals surface area contributed by atoms with E-state index >= 15 is 0 Å². The molecule has 1 saturated carbocycles. The molecule has 0 amide bonds. The van der Waals surface area contributed by atoms with E-state index < -0.39 is 17.8 Å². The number of likely N-dealkylation sites (N-methyl/N-ethyl adjacent to an activating group) is 2. The second-order valence-corrected chi connectivity index (χ2v) is 25.0. The van der Waals surface area contributed by atoms with Crippen molar-refractivity contribution in [3.63, 3.8) is 0 Å². The molecule has 9 aromatic rings. The van der Waals surface area contributed by atoms with Gasteiger partial charge < -0.3 is 54.5 Å². The Morgan fingerprint density at radius 3 is 1.21 bits per heavy atom. The minimum Gasteiger partial charge on any atom is -0.490 e. The highest BCUT2D eigenvalue weighted by Crippen LogP contribution is 2.33. The number of nitrogens with one attached hydrogen (secondary N) is 1. The van der Waals surface area contributed by atoms with Crippen LogP contribution in [0.1, 0.15) is 101 Å². The van der Waals surface area contributed by atoms with Gasteiger partial charge in [-0.1, -0.05) is 133 Å². The van der Waals surface area contributed by atoms with Gasteiger partial charge in [0.15, 0.2) is 11.5 Å². The van der Waals surface area contributed by atoms with E-state index in [1.165, 1.54) is 41.3 Å². The molecule has 17 nitrogen and oxygen atoms in total. The number of fused-ring (bicyclic) bond motifs is 3.